The number of anilines is 2. The number of hydrogen-bond acceptors (Lipinski definition) is 4. The third kappa shape index (κ3) is 4.29. The van der Waals surface area contributed by atoms with E-state index in [1.54, 1.807) is 48.5 Å². The summed E-state index contributed by atoms with van der Waals surface area (Å²) in [6.45, 7) is 3.59. The van der Waals surface area contributed by atoms with E-state index in [0.717, 1.165) is 11.1 Å². The summed E-state index contributed by atoms with van der Waals surface area (Å²) >= 11 is 0. The summed E-state index contributed by atoms with van der Waals surface area (Å²) in [5.41, 5.74) is 3.43. The number of carbonyl (C=O) groups excluding carboxylic acids is 2. The van der Waals surface area contributed by atoms with Gasteiger partial charge < -0.3 is 10.2 Å². The van der Waals surface area contributed by atoms with Crippen LogP contribution in [0.15, 0.2) is 77.7 Å². The van der Waals surface area contributed by atoms with Crippen molar-refractivity contribution < 1.29 is 18.0 Å². The Morgan fingerprint density at radius 3 is 2.28 bits per heavy atom. The molecule has 3 aromatic carbocycles. The molecule has 1 aliphatic heterocycles. The zero-order chi connectivity index (χ0) is 22.9. The van der Waals surface area contributed by atoms with E-state index < -0.39 is 26.9 Å². The van der Waals surface area contributed by atoms with Crippen LogP contribution in [0.25, 0.3) is 0 Å². The molecule has 7 heteroatoms. The molecule has 0 aromatic heterocycles. The highest BCUT2D eigenvalue weighted by Gasteiger charge is 2.39. The van der Waals surface area contributed by atoms with Gasteiger partial charge in [-0.1, -0.05) is 48.5 Å². The van der Waals surface area contributed by atoms with E-state index in [9.17, 15) is 18.0 Å². The van der Waals surface area contributed by atoms with E-state index in [1.165, 1.54) is 11.0 Å². The van der Waals surface area contributed by atoms with Crippen LogP contribution in [0, 0.1) is 13.8 Å². The molecule has 32 heavy (non-hydrogen) atoms. The van der Waals surface area contributed by atoms with Crippen LogP contribution in [0.4, 0.5) is 11.4 Å². The SMILES string of the molecule is Cc1cc(C)cc(NC(=O)CN2C(=O)C[C@@H](c3ccccc3)S(=O)(=O)c3ccccc32)c1. The van der Waals surface area contributed by atoms with Crippen molar-refractivity contribution in [2.45, 2.75) is 30.4 Å². The Balaban J connectivity index is 1.69. The molecule has 0 fully saturated rings. The molecule has 3 aromatic rings. The van der Waals surface area contributed by atoms with Gasteiger partial charge in [-0.05, 0) is 54.8 Å². The van der Waals surface area contributed by atoms with Gasteiger partial charge in [-0.15, -0.1) is 0 Å². The molecule has 0 unspecified atom stereocenters. The van der Waals surface area contributed by atoms with Crippen LogP contribution >= 0.6 is 0 Å². The Morgan fingerprint density at radius 2 is 1.59 bits per heavy atom. The van der Waals surface area contributed by atoms with Gasteiger partial charge in [0.2, 0.25) is 11.8 Å². The van der Waals surface area contributed by atoms with E-state index in [-0.39, 0.29) is 23.5 Å². The predicted octanol–water partition coefficient (Wildman–Crippen LogP) is 4.19. The van der Waals surface area contributed by atoms with Crippen molar-refractivity contribution >= 4 is 33.0 Å². The number of nitrogens with one attached hydrogen (secondary N) is 1. The minimum atomic E-state index is -3.84. The second-order valence-electron chi connectivity index (χ2n) is 8.02. The first kappa shape index (κ1) is 21.8. The van der Waals surface area contributed by atoms with E-state index in [2.05, 4.69) is 5.32 Å². The van der Waals surface area contributed by atoms with Gasteiger partial charge in [0.25, 0.3) is 0 Å². The van der Waals surface area contributed by atoms with Crippen LogP contribution in [0.3, 0.4) is 0 Å². The van der Waals surface area contributed by atoms with Crippen molar-refractivity contribution in [3.05, 3.63) is 89.5 Å². The Morgan fingerprint density at radius 1 is 0.969 bits per heavy atom. The molecule has 164 valence electrons. The van der Waals surface area contributed by atoms with E-state index in [4.69, 9.17) is 0 Å². The standard InChI is InChI=1S/C25H24N2O4S/c1-17-12-18(2)14-20(13-17)26-24(28)16-27-21-10-6-7-11-22(21)32(30,31)23(15-25(27)29)19-8-4-3-5-9-19/h3-14,23H,15-16H2,1-2H3,(H,26,28)/t23-/m0/s1. The summed E-state index contributed by atoms with van der Waals surface area (Å²) in [6, 6.07) is 20.8. The monoisotopic (exact) mass is 448 g/mol. The van der Waals surface area contributed by atoms with Crippen LogP contribution < -0.4 is 10.2 Å². The van der Waals surface area contributed by atoms with Gasteiger partial charge in [0, 0.05) is 12.1 Å². The average molecular weight is 449 g/mol. The molecule has 4 rings (SSSR count). The fourth-order valence-corrected chi connectivity index (χ4v) is 6.04. The molecule has 1 aliphatic rings. The number of hydrogen-bond donors (Lipinski definition) is 1. The maximum atomic E-state index is 13.5. The van der Waals surface area contributed by atoms with Crippen LogP contribution in [-0.2, 0) is 19.4 Å². The zero-order valence-electron chi connectivity index (χ0n) is 17.9. The van der Waals surface area contributed by atoms with Gasteiger partial charge in [-0.25, -0.2) is 8.42 Å². The summed E-state index contributed by atoms with van der Waals surface area (Å²) in [5.74, 6) is -0.809. The summed E-state index contributed by atoms with van der Waals surface area (Å²) in [7, 11) is -3.84. The molecule has 0 radical (unpaired) electrons. The van der Waals surface area contributed by atoms with Crippen molar-refractivity contribution in [2.75, 3.05) is 16.8 Å². The van der Waals surface area contributed by atoms with Crippen molar-refractivity contribution in [3.8, 4) is 0 Å². The predicted molar refractivity (Wildman–Crippen MR) is 124 cm³/mol. The van der Waals surface area contributed by atoms with Gasteiger partial charge in [-0.2, -0.15) is 0 Å². The minimum absolute atomic E-state index is 0.0545. The summed E-state index contributed by atoms with van der Waals surface area (Å²) in [5, 5.41) is 1.81. The first-order chi connectivity index (χ1) is 15.3. The number of carbonyl (C=O) groups is 2. The average Bonchev–Trinajstić information content (AvgIpc) is 2.82. The number of para-hydroxylation sites is 1. The van der Waals surface area contributed by atoms with E-state index >= 15 is 0 Å². The minimum Gasteiger partial charge on any atom is -0.325 e. The fraction of sp³-hybridized carbons (Fsp3) is 0.200. The van der Waals surface area contributed by atoms with Crippen molar-refractivity contribution in [3.63, 3.8) is 0 Å². The first-order valence-corrected chi connectivity index (χ1v) is 11.9. The molecule has 1 atom stereocenters. The highest BCUT2D eigenvalue weighted by molar-refractivity contribution is 7.92. The van der Waals surface area contributed by atoms with Crippen molar-refractivity contribution in [2.24, 2.45) is 0 Å². The van der Waals surface area contributed by atoms with E-state index in [1.807, 2.05) is 32.0 Å². The highest BCUT2D eigenvalue weighted by Crippen LogP contribution is 2.40. The summed E-state index contributed by atoms with van der Waals surface area (Å²) in [6.07, 6.45) is -0.238. The number of rotatable bonds is 4. The topological polar surface area (TPSA) is 83.6 Å². The van der Waals surface area contributed by atoms with Gasteiger partial charge in [0.05, 0.1) is 15.8 Å². The molecule has 1 heterocycles. The molecule has 0 aliphatic carbocycles. The molecule has 0 spiro atoms. The smallest absolute Gasteiger partial charge is 0.244 e. The van der Waals surface area contributed by atoms with Gasteiger partial charge >= 0.3 is 0 Å². The molecular weight excluding hydrogens is 424 g/mol. The number of amides is 2. The van der Waals surface area contributed by atoms with Crippen molar-refractivity contribution in [1.82, 2.24) is 0 Å². The Labute approximate surface area is 187 Å². The summed E-state index contributed by atoms with van der Waals surface area (Å²) < 4.78 is 27.0. The molecule has 0 saturated carbocycles. The molecule has 1 N–H and O–H groups in total. The van der Waals surface area contributed by atoms with Crippen LogP contribution in [0.2, 0.25) is 0 Å². The lowest BCUT2D eigenvalue weighted by atomic mass is 10.1. The highest BCUT2D eigenvalue weighted by atomic mass is 32.2. The van der Waals surface area contributed by atoms with Crippen LogP contribution in [0.5, 0.6) is 0 Å². The third-order valence-electron chi connectivity index (χ3n) is 5.48. The maximum absolute atomic E-state index is 13.5. The number of aryl methyl sites for hydroxylation is 2. The molecule has 0 bridgehead atoms. The Hall–Kier alpha value is -3.45. The van der Waals surface area contributed by atoms with Crippen LogP contribution in [-0.4, -0.2) is 26.8 Å². The van der Waals surface area contributed by atoms with E-state index in [0.29, 0.717) is 11.3 Å². The van der Waals surface area contributed by atoms with Crippen LogP contribution in [0.1, 0.15) is 28.4 Å². The second-order valence-corrected chi connectivity index (χ2v) is 10.1. The van der Waals surface area contributed by atoms with Gasteiger partial charge in [0.15, 0.2) is 9.84 Å². The number of fused-ring (bicyclic) bond motifs is 1. The lowest BCUT2D eigenvalue weighted by molar-refractivity contribution is -0.121. The lowest BCUT2D eigenvalue weighted by Gasteiger charge is -2.22. The lowest BCUT2D eigenvalue weighted by Crippen LogP contribution is -2.38. The molecule has 2 amide bonds. The fourth-order valence-electron chi connectivity index (χ4n) is 4.12. The van der Waals surface area contributed by atoms with Gasteiger partial charge in [-0.3, -0.25) is 9.59 Å². The normalized spacial score (nSPS) is 17.4. The zero-order valence-corrected chi connectivity index (χ0v) is 18.7. The second kappa shape index (κ2) is 8.59. The number of sulfone groups is 1. The Kier molecular flexibility index (Phi) is 5.84. The number of nitrogens with zero attached hydrogens (tertiary/aromatic N) is 1. The number of benzene rings is 3. The third-order valence-corrected chi connectivity index (χ3v) is 7.62. The maximum Gasteiger partial charge on any atom is 0.244 e. The molecule has 0 saturated heterocycles. The Bertz CT molecular complexity index is 1270. The molecule has 6 nitrogen and oxygen atoms in total. The first-order valence-electron chi connectivity index (χ1n) is 10.3. The van der Waals surface area contributed by atoms with Crippen molar-refractivity contribution in [1.29, 1.82) is 0 Å². The molecular formula is C25H24N2O4S. The summed E-state index contributed by atoms with van der Waals surface area (Å²) in [4.78, 5) is 27.4. The quantitative estimate of drug-likeness (QED) is 0.649. The largest absolute Gasteiger partial charge is 0.325 e. The van der Waals surface area contributed by atoms with Gasteiger partial charge in [0.1, 0.15) is 6.54 Å².